The molecule has 2 heteroatoms. The lowest BCUT2D eigenvalue weighted by molar-refractivity contribution is -0.121. The van der Waals surface area contributed by atoms with Gasteiger partial charge in [0.05, 0.1) is 0 Å². The molecule has 0 aliphatic heterocycles. The van der Waals surface area contributed by atoms with E-state index in [1.54, 1.807) is 0 Å². The summed E-state index contributed by atoms with van der Waals surface area (Å²) in [6.07, 6.45) is 6.29. The maximum atomic E-state index is 11.7. The van der Waals surface area contributed by atoms with Crippen molar-refractivity contribution in [3.63, 3.8) is 0 Å². The second kappa shape index (κ2) is 13.4. The molecule has 0 aliphatic carbocycles. The van der Waals surface area contributed by atoms with Crippen molar-refractivity contribution in [3.05, 3.63) is 35.4 Å². The van der Waals surface area contributed by atoms with Gasteiger partial charge in [0.15, 0.2) is 0 Å². The van der Waals surface area contributed by atoms with Crippen LogP contribution in [0, 0.1) is 12.8 Å². The smallest absolute Gasteiger partial charge is 0.220 e. The van der Waals surface area contributed by atoms with Crippen LogP contribution in [0.2, 0.25) is 0 Å². The quantitative estimate of drug-likeness (QED) is 0.617. The summed E-state index contributed by atoms with van der Waals surface area (Å²) in [7, 11) is 0. The maximum absolute atomic E-state index is 11.7. The molecule has 0 aromatic heterocycles. The summed E-state index contributed by atoms with van der Waals surface area (Å²) in [6.45, 7) is 11.3. The summed E-state index contributed by atoms with van der Waals surface area (Å²) in [5, 5.41) is 3.01. The summed E-state index contributed by atoms with van der Waals surface area (Å²) < 4.78 is 0. The van der Waals surface area contributed by atoms with Crippen molar-refractivity contribution in [1.29, 1.82) is 0 Å². The van der Waals surface area contributed by atoms with E-state index in [9.17, 15) is 4.79 Å². The summed E-state index contributed by atoms with van der Waals surface area (Å²) in [5.74, 6) is 0.972. The number of hydrogen-bond donors (Lipinski definition) is 1. The predicted octanol–water partition coefficient (Wildman–Crippen LogP) is 5.29. The fourth-order valence-electron chi connectivity index (χ4n) is 2.20. The Bertz CT molecular complexity index is 381. The molecule has 0 atom stereocenters. The number of hydrogen-bond acceptors (Lipinski definition) is 1. The van der Waals surface area contributed by atoms with Gasteiger partial charge < -0.3 is 5.32 Å². The molecule has 22 heavy (non-hydrogen) atoms. The number of unbranched alkanes of at least 4 members (excludes halogenated alkanes) is 2. The predicted molar refractivity (Wildman–Crippen MR) is 97.2 cm³/mol. The van der Waals surface area contributed by atoms with Gasteiger partial charge in [-0.2, -0.15) is 0 Å². The van der Waals surface area contributed by atoms with E-state index in [4.69, 9.17) is 0 Å². The highest BCUT2D eigenvalue weighted by Gasteiger charge is 2.01. The number of nitrogens with one attached hydrogen (secondary N) is 1. The lowest BCUT2D eigenvalue weighted by Crippen LogP contribution is -2.25. The van der Waals surface area contributed by atoms with Crippen molar-refractivity contribution in [2.45, 2.75) is 73.1 Å². The number of carbonyl (C=O) groups excluding carboxylic acids is 1. The molecule has 0 spiro atoms. The van der Waals surface area contributed by atoms with Gasteiger partial charge >= 0.3 is 0 Å². The summed E-state index contributed by atoms with van der Waals surface area (Å²) in [6, 6.07) is 8.50. The van der Waals surface area contributed by atoms with Crippen LogP contribution >= 0.6 is 0 Å². The minimum Gasteiger partial charge on any atom is -0.356 e. The summed E-state index contributed by atoms with van der Waals surface area (Å²) in [4.78, 5) is 11.7. The summed E-state index contributed by atoms with van der Waals surface area (Å²) >= 11 is 0. The van der Waals surface area contributed by atoms with E-state index >= 15 is 0 Å². The second-order valence-corrected chi connectivity index (χ2v) is 6.08. The molecule has 0 unspecified atom stereocenters. The zero-order valence-electron chi connectivity index (χ0n) is 15.2. The minimum atomic E-state index is 0.196. The highest BCUT2D eigenvalue weighted by atomic mass is 16.1. The Morgan fingerprint density at radius 3 is 2.27 bits per heavy atom. The molecule has 0 saturated carbocycles. The van der Waals surface area contributed by atoms with Gasteiger partial charge in [0.1, 0.15) is 0 Å². The third-order valence-corrected chi connectivity index (χ3v) is 3.54. The van der Waals surface area contributed by atoms with Crippen LogP contribution < -0.4 is 5.32 Å². The van der Waals surface area contributed by atoms with Gasteiger partial charge in [-0.3, -0.25) is 4.79 Å². The average molecular weight is 306 g/mol. The van der Waals surface area contributed by atoms with E-state index in [1.807, 2.05) is 13.8 Å². The molecule has 1 aromatic rings. The fourth-order valence-corrected chi connectivity index (χ4v) is 2.20. The normalized spacial score (nSPS) is 10.1. The van der Waals surface area contributed by atoms with E-state index < -0.39 is 0 Å². The highest BCUT2D eigenvalue weighted by Crippen LogP contribution is 2.09. The van der Waals surface area contributed by atoms with Gasteiger partial charge in [-0.25, -0.2) is 0 Å². The van der Waals surface area contributed by atoms with Crippen LogP contribution in [-0.2, 0) is 11.2 Å². The first-order valence-corrected chi connectivity index (χ1v) is 8.90. The van der Waals surface area contributed by atoms with Crippen LogP contribution in [0.25, 0.3) is 0 Å². The van der Waals surface area contributed by atoms with E-state index in [2.05, 4.69) is 50.4 Å². The summed E-state index contributed by atoms with van der Waals surface area (Å²) in [5.41, 5.74) is 2.56. The first-order valence-electron chi connectivity index (χ1n) is 8.90. The van der Waals surface area contributed by atoms with E-state index in [-0.39, 0.29) is 5.91 Å². The van der Waals surface area contributed by atoms with Crippen LogP contribution in [0.5, 0.6) is 0 Å². The lowest BCUT2D eigenvalue weighted by atomic mass is 10.0. The van der Waals surface area contributed by atoms with Crippen molar-refractivity contribution in [2.24, 2.45) is 5.92 Å². The minimum absolute atomic E-state index is 0.196. The standard InChI is InChI=1S/C18H29NO.C2H6/c1-15(2)7-5-4-6-8-18(20)19-14-13-17-11-9-16(3)10-12-17;1-2/h9-12,15H,4-8,13-14H2,1-3H3,(H,19,20);1-2H3. The van der Waals surface area contributed by atoms with E-state index in [0.29, 0.717) is 6.42 Å². The molecule has 0 bridgehead atoms. The van der Waals surface area contributed by atoms with Gasteiger partial charge in [0.2, 0.25) is 5.91 Å². The Balaban J connectivity index is 0.00000211. The van der Waals surface area contributed by atoms with Gasteiger partial charge in [0.25, 0.3) is 0 Å². The maximum Gasteiger partial charge on any atom is 0.220 e. The van der Waals surface area contributed by atoms with Crippen molar-refractivity contribution in [1.82, 2.24) is 5.32 Å². The molecule has 0 radical (unpaired) electrons. The second-order valence-electron chi connectivity index (χ2n) is 6.08. The van der Waals surface area contributed by atoms with Crippen molar-refractivity contribution >= 4 is 5.91 Å². The van der Waals surface area contributed by atoms with Crippen molar-refractivity contribution in [3.8, 4) is 0 Å². The van der Waals surface area contributed by atoms with Crippen LogP contribution in [0.1, 0.15) is 70.9 Å². The molecule has 0 saturated heterocycles. The lowest BCUT2D eigenvalue weighted by Gasteiger charge is -2.06. The largest absolute Gasteiger partial charge is 0.356 e. The van der Waals surface area contributed by atoms with Crippen molar-refractivity contribution < 1.29 is 4.79 Å². The Morgan fingerprint density at radius 2 is 1.68 bits per heavy atom. The Hall–Kier alpha value is -1.31. The van der Waals surface area contributed by atoms with Crippen molar-refractivity contribution in [2.75, 3.05) is 6.54 Å². The van der Waals surface area contributed by atoms with Gasteiger partial charge in [-0.15, -0.1) is 0 Å². The SMILES string of the molecule is CC.Cc1ccc(CCNC(=O)CCCCCC(C)C)cc1. The average Bonchev–Trinajstić information content (AvgIpc) is 2.50. The molecular formula is C20H35NO. The van der Waals surface area contributed by atoms with E-state index in [0.717, 1.165) is 25.3 Å². The first-order chi connectivity index (χ1) is 10.6. The molecule has 0 fully saturated rings. The Kier molecular flexibility index (Phi) is 12.6. The number of aryl methyl sites for hydroxylation is 1. The molecule has 2 nitrogen and oxygen atoms in total. The number of benzene rings is 1. The van der Waals surface area contributed by atoms with Crippen LogP contribution in [0.4, 0.5) is 0 Å². The topological polar surface area (TPSA) is 29.1 Å². The molecule has 0 aliphatic rings. The third-order valence-electron chi connectivity index (χ3n) is 3.54. The third kappa shape index (κ3) is 11.4. The zero-order valence-corrected chi connectivity index (χ0v) is 15.2. The van der Waals surface area contributed by atoms with Gasteiger partial charge in [0, 0.05) is 13.0 Å². The van der Waals surface area contributed by atoms with Gasteiger partial charge in [-0.05, 0) is 31.2 Å². The molecule has 1 rings (SSSR count). The number of rotatable bonds is 9. The molecule has 1 aromatic carbocycles. The molecule has 126 valence electrons. The Morgan fingerprint density at radius 1 is 1.05 bits per heavy atom. The van der Waals surface area contributed by atoms with Gasteiger partial charge in [-0.1, -0.05) is 76.8 Å². The molecule has 1 amide bonds. The van der Waals surface area contributed by atoms with E-state index in [1.165, 1.54) is 30.4 Å². The number of amides is 1. The molecule has 1 N–H and O–H groups in total. The monoisotopic (exact) mass is 305 g/mol. The zero-order chi connectivity index (χ0) is 16.8. The van der Waals surface area contributed by atoms with Crippen LogP contribution in [0.3, 0.4) is 0 Å². The molecular weight excluding hydrogens is 270 g/mol. The Labute approximate surface area is 137 Å². The highest BCUT2D eigenvalue weighted by molar-refractivity contribution is 5.75. The first kappa shape index (κ1) is 20.7. The number of carbonyl (C=O) groups is 1. The van der Waals surface area contributed by atoms with Crippen LogP contribution in [0.15, 0.2) is 24.3 Å². The fraction of sp³-hybridized carbons (Fsp3) is 0.650. The molecule has 0 heterocycles. The van der Waals surface area contributed by atoms with Crippen LogP contribution in [-0.4, -0.2) is 12.5 Å².